The molecule has 0 atom stereocenters. The van der Waals surface area contributed by atoms with Gasteiger partial charge in [-0.15, -0.1) is 0 Å². The van der Waals surface area contributed by atoms with E-state index in [-0.39, 0.29) is 12.2 Å². The van der Waals surface area contributed by atoms with Gasteiger partial charge in [-0.2, -0.15) is 0 Å². The van der Waals surface area contributed by atoms with Gasteiger partial charge in [-0.05, 0) is 17.7 Å². The summed E-state index contributed by atoms with van der Waals surface area (Å²) in [4.78, 5) is 23.6. The average molecular weight is 208 g/mol. The molecule has 1 aromatic carbocycles. The molecule has 0 amide bonds. The average Bonchev–Trinajstić information content (AvgIpc) is 2.18. The lowest BCUT2D eigenvalue weighted by atomic mass is 10.2. The molecule has 0 heterocycles. The minimum Gasteiger partial charge on any atom is -0.480 e. The van der Waals surface area contributed by atoms with Gasteiger partial charge in [0.15, 0.2) is 0 Å². The van der Waals surface area contributed by atoms with Crippen LogP contribution in [0, 0.1) is 10.1 Å². The Morgan fingerprint density at radius 2 is 2.07 bits per heavy atom. The fourth-order valence-corrected chi connectivity index (χ4v) is 0.911. The molecule has 0 aliphatic rings. The molecule has 0 aliphatic heterocycles. The lowest BCUT2D eigenvalue weighted by molar-refractivity contribution is -0.384. The van der Waals surface area contributed by atoms with Crippen LogP contribution >= 0.6 is 0 Å². The van der Waals surface area contributed by atoms with Crippen molar-refractivity contribution in [1.82, 2.24) is 0 Å². The summed E-state index contributed by atoms with van der Waals surface area (Å²) in [7, 11) is 0. The summed E-state index contributed by atoms with van der Waals surface area (Å²) >= 11 is 0. The molecule has 0 unspecified atom stereocenters. The van der Waals surface area contributed by atoms with E-state index in [4.69, 9.17) is 5.11 Å². The Hall–Kier alpha value is -2.24. The SMILES string of the molecule is O=C(O)CN=Cc1ccc([N+](=O)[O-])cc1. The molecule has 1 N–H and O–H groups in total. The molecule has 78 valence electrons. The van der Waals surface area contributed by atoms with E-state index < -0.39 is 10.9 Å². The molecule has 1 rings (SSSR count). The molecule has 15 heavy (non-hydrogen) atoms. The highest BCUT2D eigenvalue weighted by Crippen LogP contribution is 2.10. The van der Waals surface area contributed by atoms with Gasteiger partial charge in [0.1, 0.15) is 6.54 Å². The van der Waals surface area contributed by atoms with Crippen molar-refractivity contribution < 1.29 is 14.8 Å². The number of nitro benzene ring substituents is 1. The topological polar surface area (TPSA) is 92.8 Å². The van der Waals surface area contributed by atoms with Gasteiger partial charge in [-0.3, -0.25) is 19.9 Å². The second-order valence-electron chi connectivity index (χ2n) is 2.71. The number of carboxylic acids is 1. The largest absolute Gasteiger partial charge is 0.480 e. The first-order valence-corrected chi connectivity index (χ1v) is 4.05. The van der Waals surface area contributed by atoms with Crippen LogP contribution in [0.25, 0.3) is 0 Å². The Bertz CT molecular complexity index is 397. The number of hydrogen-bond donors (Lipinski definition) is 1. The summed E-state index contributed by atoms with van der Waals surface area (Å²) in [6.07, 6.45) is 1.36. The Morgan fingerprint density at radius 3 is 2.53 bits per heavy atom. The highest BCUT2D eigenvalue weighted by molar-refractivity contribution is 5.82. The molecule has 6 nitrogen and oxygen atoms in total. The highest BCUT2D eigenvalue weighted by Gasteiger charge is 2.02. The highest BCUT2D eigenvalue weighted by atomic mass is 16.6. The molecular weight excluding hydrogens is 200 g/mol. The van der Waals surface area contributed by atoms with Crippen LogP contribution in [0.3, 0.4) is 0 Å². The predicted molar refractivity (Wildman–Crippen MR) is 53.2 cm³/mol. The zero-order chi connectivity index (χ0) is 11.3. The van der Waals surface area contributed by atoms with E-state index >= 15 is 0 Å². The van der Waals surface area contributed by atoms with Crippen LogP contribution < -0.4 is 0 Å². The first-order chi connectivity index (χ1) is 7.09. The second kappa shape index (κ2) is 4.85. The number of carbonyl (C=O) groups is 1. The molecule has 0 saturated heterocycles. The zero-order valence-electron chi connectivity index (χ0n) is 7.66. The van der Waals surface area contributed by atoms with Crippen molar-refractivity contribution in [1.29, 1.82) is 0 Å². The van der Waals surface area contributed by atoms with Crippen LogP contribution in [-0.2, 0) is 4.79 Å². The Kier molecular flexibility index (Phi) is 3.50. The number of nitrogens with zero attached hydrogens (tertiary/aromatic N) is 2. The van der Waals surface area contributed by atoms with Gasteiger partial charge in [0.2, 0.25) is 0 Å². The van der Waals surface area contributed by atoms with E-state index in [1.165, 1.54) is 30.5 Å². The van der Waals surface area contributed by atoms with Gasteiger partial charge in [0.05, 0.1) is 4.92 Å². The van der Waals surface area contributed by atoms with Crippen molar-refractivity contribution in [2.75, 3.05) is 6.54 Å². The standard InChI is InChI=1S/C9H8N2O4/c12-9(13)6-10-5-7-1-3-8(4-2-7)11(14)15/h1-5H,6H2,(H,12,13). The van der Waals surface area contributed by atoms with Crippen molar-refractivity contribution in [3.05, 3.63) is 39.9 Å². The number of carboxylic acid groups (broad SMARTS) is 1. The number of aliphatic imine (C=N–C) groups is 1. The molecule has 0 saturated carbocycles. The molecule has 6 heteroatoms. The number of non-ortho nitro benzene ring substituents is 1. The third kappa shape index (κ3) is 3.55. The number of benzene rings is 1. The first kappa shape index (κ1) is 10.8. The minimum atomic E-state index is -1.02. The molecule has 0 bridgehead atoms. The van der Waals surface area contributed by atoms with E-state index in [1.807, 2.05) is 0 Å². The van der Waals surface area contributed by atoms with Crippen LogP contribution in [-0.4, -0.2) is 28.8 Å². The van der Waals surface area contributed by atoms with Crippen LogP contribution in [0.1, 0.15) is 5.56 Å². The molecule has 0 spiro atoms. The van der Waals surface area contributed by atoms with Crippen LogP contribution in [0.4, 0.5) is 5.69 Å². The summed E-state index contributed by atoms with van der Waals surface area (Å²) in [5.41, 5.74) is 0.618. The second-order valence-corrected chi connectivity index (χ2v) is 2.71. The fourth-order valence-electron chi connectivity index (χ4n) is 0.911. The maximum atomic E-state index is 10.3. The van der Waals surface area contributed by atoms with E-state index in [0.29, 0.717) is 5.56 Å². The summed E-state index contributed by atoms with van der Waals surface area (Å²) in [5, 5.41) is 18.6. The lowest BCUT2D eigenvalue weighted by Gasteiger charge is -1.92. The van der Waals surface area contributed by atoms with Gasteiger partial charge >= 0.3 is 5.97 Å². The Balaban J connectivity index is 2.68. The van der Waals surface area contributed by atoms with E-state index in [2.05, 4.69) is 4.99 Å². The molecule has 1 aromatic rings. The maximum absolute atomic E-state index is 10.3. The number of rotatable bonds is 4. The Labute approximate surface area is 85.0 Å². The molecule has 0 radical (unpaired) electrons. The van der Waals surface area contributed by atoms with Gasteiger partial charge in [0.25, 0.3) is 5.69 Å². The molecule has 0 aliphatic carbocycles. The van der Waals surface area contributed by atoms with Gasteiger partial charge in [-0.1, -0.05) is 0 Å². The summed E-state index contributed by atoms with van der Waals surface area (Å²) in [6.45, 7) is -0.309. The van der Waals surface area contributed by atoms with Crippen LogP contribution in [0.5, 0.6) is 0 Å². The minimum absolute atomic E-state index is 0.00890. The van der Waals surface area contributed by atoms with Crippen molar-refractivity contribution >= 4 is 17.9 Å². The van der Waals surface area contributed by atoms with E-state index in [9.17, 15) is 14.9 Å². The molecular formula is C9H8N2O4. The van der Waals surface area contributed by atoms with Gasteiger partial charge in [0, 0.05) is 18.3 Å². The van der Waals surface area contributed by atoms with Crippen LogP contribution in [0.2, 0.25) is 0 Å². The summed E-state index contributed by atoms with van der Waals surface area (Å²) < 4.78 is 0. The van der Waals surface area contributed by atoms with E-state index in [0.717, 1.165) is 0 Å². The predicted octanol–water partition coefficient (Wildman–Crippen LogP) is 1.10. The van der Waals surface area contributed by atoms with E-state index in [1.54, 1.807) is 0 Å². The van der Waals surface area contributed by atoms with Gasteiger partial charge < -0.3 is 5.11 Å². The normalized spacial score (nSPS) is 10.4. The van der Waals surface area contributed by atoms with Crippen molar-refractivity contribution in [3.8, 4) is 0 Å². The summed E-state index contributed by atoms with van der Waals surface area (Å²) in [5.74, 6) is -1.02. The number of nitro groups is 1. The maximum Gasteiger partial charge on any atom is 0.325 e. The molecule has 0 fully saturated rings. The third-order valence-electron chi connectivity index (χ3n) is 1.57. The van der Waals surface area contributed by atoms with Crippen molar-refractivity contribution in [3.63, 3.8) is 0 Å². The lowest BCUT2D eigenvalue weighted by Crippen LogP contribution is -1.99. The summed E-state index contributed by atoms with van der Waals surface area (Å²) in [6, 6.07) is 5.68. The number of aliphatic carboxylic acids is 1. The third-order valence-corrected chi connectivity index (χ3v) is 1.57. The molecule has 0 aromatic heterocycles. The van der Waals surface area contributed by atoms with Crippen molar-refractivity contribution in [2.45, 2.75) is 0 Å². The monoisotopic (exact) mass is 208 g/mol. The van der Waals surface area contributed by atoms with Crippen LogP contribution in [0.15, 0.2) is 29.3 Å². The Morgan fingerprint density at radius 1 is 1.47 bits per heavy atom. The smallest absolute Gasteiger partial charge is 0.325 e. The van der Waals surface area contributed by atoms with Gasteiger partial charge in [-0.25, -0.2) is 0 Å². The fraction of sp³-hybridized carbons (Fsp3) is 0.111. The first-order valence-electron chi connectivity index (χ1n) is 4.05. The quantitative estimate of drug-likeness (QED) is 0.455. The number of hydrogen-bond acceptors (Lipinski definition) is 4. The van der Waals surface area contributed by atoms with Crippen molar-refractivity contribution in [2.24, 2.45) is 4.99 Å². The zero-order valence-corrected chi connectivity index (χ0v) is 7.66.